The van der Waals surface area contributed by atoms with Crippen molar-refractivity contribution in [2.75, 3.05) is 6.79 Å². The predicted molar refractivity (Wildman–Crippen MR) is 93.9 cm³/mol. The highest BCUT2D eigenvalue weighted by Gasteiger charge is 2.21. The maximum Gasteiger partial charge on any atom is 0.364 e. The number of nitrogens with zero attached hydrogens (tertiary/aromatic N) is 2. The third-order valence-corrected chi connectivity index (χ3v) is 4.07. The molecule has 0 bridgehead atoms. The van der Waals surface area contributed by atoms with E-state index in [1.807, 2.05) is 13.8 Å². The average Bonchev–Trinajstić information content (AvgIpc) is 3.09. The fraction of sp³-hybridized carbons (Fsp3) is 0.211. The number of carbonyl (C=O) groups is 1. The van der Waals surface area contributed by atoms with E-state index in [1.54, 1.807) is 42.5 Å². The van der Waals surface area contributed by atoms with Crippen LogP contribution in [0.4, 0.5) is 0 Å². The quantitative estimate of drug-likeness (QED) is 0.533. The van der Waals surface area contributed by atoms with Crippen molar-refractivity contribution in [3.8, 4) is 17.2 Å². The first kappa shape index (κ1) is 16.1. The largest absolute Gasteiger partial charge is 0.454 e. The van der Waals surface area contributed by atoms with E-state index in [4.69, 9.17) is 14.2 Å². The molecule has 3 aromatic rings. The maximum atomic E-state index is 12.7. The van der Waals surface area contributed by atoms with E-state index < -0.39 is 5.97 Å². The lowest BCUT2D eigenvalue weighted by Crippen LogP contribution is -2.28. The monoisotopic (exact) mass is 352 g/mol. The standard InChI is InChI=1S/C19H16N2O5/c1-11(2)21-18(22)14-6-4-3-5-13(14)17(20-21)19(23)26-12-7-8-15-16(9-12)25-10-24-15/h3-9,11H,10H2,1-2H3. The van der Waals surface area contributed by atoms with E-state index >= 15 is 0 Å². The number of carbonyl (C=O) groups excluding carboxylic acids is 1. The van der Waals surface area contributed by atoms with Crippen molar-refractivity contribution in [3.63, 3.8) is 0 Å². The van der Waals surface area contributed by atoms with Crippen molar-refractivity contribution in [3.05, 3.63) is 58.5 Å². The van der Waals surface area contributed by atoms with E-state index in [1.165, 1.54) is 4.68 Å². The Morgan fingerprint density at radius 2 is 1.85 bits per heavy atom. The number of ether oxygens (including phenoxy) is 3. The van der Waals surface area contributed by atoms with E-state index in [0.717, 1.165) is 0 Å². The fourth-order valence-electron chi connectivity index (χ4n) is 2.80. The van der Waals surface area contributed by atoms with Crippen molar-refractivity contribution < 1.29 is 19.0 Å². The Bertz CT molecular complexity index is 1070. The second kappa shape index (κ2) is 6.18. The van der Waals surface area contributed by atoms with Crippen molar-refractivity contribution in [2.45, 2.75) is 19.9 Å². The topological polar surface area (TPSA) is 79.7 Å². The van der Waals surface area contributed by atoms with Crippen LogP contribution in [0, 0.1) is 0 Å². The second-order valence-corrected chi connectivity index (χ2v) is 6.14. The first-order valence-corrected chi connectivity index (χ1v) is 8.18. The molecular weight excluding hydrogens is 336 g/mol. The summed E-state index contributed by atoms with van der Waals surface area (Å²) in [4.78, 5) is 25.3. The van der Waals surface area contributed by atoms with Crippen molar-refractivity contribution in [1.82, 2.24) is 9.78 Å². The number of hydrogen-bond acceptors (Lipinski definition) is 6. The van der Waals surface area contributed by atoms with Crippen LogP contribution in [0.25, 0.3) is 10.8 Å². The first-order valence-electron chi connectivity index (χ1n) is 8.18. The van der Waals surface area contributed by atoms with Gasteiger partial charge >= 0.3 is 5.97 Å². The van der Waals surface area contributed by atoms with Crippen LogP contribution in [0.3, 0.4) is 0 Å². The molecule has 0 unspecified atom stereocenters. The Labute approximate surface area is 148 Å². The van der Waals surface area contributed by atoms with E-state index in [0.29, 0.717) is 28.0 Å². The molecule has 0 fully saturated rings. The summed E-state index contributed by atoms with van der Waals surface area (Å²) in [6, 6.07) is 11.5. The summed E-state index contributed by atoms with van der Waals surface area (Å²) in [6.45, 7) is 3.80. The van der Waals surface area contributed by atoms with Gasteiger partial charge in [-0.1, -0.05) is 18.2 Å². The van der Waals surface area contributed by atoms with Crippen molar-refractivity contribution in [2.24, 2.45) is 0 Å². The van der Waals surface area contributed by atoms with Gasteiger partial charge in [-0.2, -0.15) is 5.10 Å². The number of rotatable bonds is 3. The van der Waals surface area contributed by atoms with E-state index in [9.17, 15) is 9.59 Å². The zero-order chi connectivity index (χ0) is 18.3. The molecule has 0 amide bonds. The number of hydrogen-bond donors (Lipinski definition) is 0. The Morgan fingerprint density at radius 1 is 1.12 bits per heavy atom. The summed E-state index contributed by atoms with van der Waals surface area (Å²) < 4.78 is 17.3. The Balaban J connectivity index is 1.77. The van der Waals surface area contributed by atoms with Gasteiger partial charge in [0.1, 0.15) is 5.75 Å². The van der Waals surface area contributed by atoms with Gasteiger partial charge in [0, 0.05) is 11.5 Å². The van der Waals surface area contributed by atoms with Crippen molar-refractivity contribution in [1.29, 1.82) is 0 Å². The SMILES string of the molecule is CC(C)n1nc(C(=O)Oc2ccc3c(c2)OCO3)c2ccccc2c1=O. The van der Waals surface area contributed by atoms with Crippen LogP contribution < -0.4 is 19.8 Å². The molecule has 0 radical (unpaired) electrons. The molecule has 0 saturated heterocycles. The molecule has 0 saturated carbocycles. The minimum absolute atomic E-state index is 0.0894. The fourth-order valence-corrected chi connectivity index (χ4v) is 2.80. The highest BCUT2D eigenvalue weighted by molar-refractivity contribution is 6.02. The second-order valence-electron chi connectivity index (χ2n) is 6.14. The molecule has 1 aromatic heterocycles. The van der Waals surface area contributed by atoms with Crippen LogP contribution in [0.15, 0.2) is 47.3 Å². The van der Waals surface area contributed by atoms with Crippen LogP contribution in [-0.2, 0) is 0 Å². The molecule has 1 aliphatic heterocycles. The molecule has 0 N–H and O–H groups in total. The number of aromatic nitrogens is 2. The van der Waals surface area contributed by atoms with Crippen LogP contribution in [0.5, 0.6) is 17.2 Å². The summed E-state index contributed by atoms with van der Waals surface area (Å²) in [5.41, 5.74) is -0.151. The van der Waals surface area contributed by atoms with Gasteiger partial charge in [-0.05, 0) is 32.0 Å². The molecule has 2 heterocycles. The third-order valence-electron chi connectivity index (χ3n) is 4.07. The molecule has 26 heavy (non-hydrogen) atoms. The number of benzene rings is 2. The molecule has 2 aromatic carbocycles. The normalized spacial score (nSPS) is 12.6. The molecule has 0 atom stereocenters. The number of esters is 1. The Kier molecular flexibility index (Phi) is 3.84. The van der Waals surface area contributed by atoms with Crippen LogP contribution in [0.1, 0.15) is 30.4 Å². The zero-order valence-corrected chi connectivity index (χ0v) is 14.3. The van der Waals surface area contributed by atoms with E-state index in [2.05, 4.69) is 5.10 Å². The highest BCUT2D eigenvalue weighted by atomic mass is 16.7. The molecular formula is C19H16N2O5. The van der Waals surface area contributed by atoms with Gasteiger partial charge in [0.05, 0.1) is 11.4 Å². The lowest BCUT2D eigenvalue weighted by Gasteiger charge is -2.13. The number of fused-ring (bicyclic) bond motifs is 2. The lowest BCUT2D eigenvalue weighted by molar-refractivity contribution is 0.0727. The molecule has 4 rings (SSSR count). The van der Waals surface area contributed by atoms with Gasteiger partial charge in [0.15, 0.2) is 17.2 Å². The van der Waals surface area contributed by atoms with Gasteiger partial charge in [-0.15, -0.1) is 0 Å². The van der Waals surface area contributed by atoms with E-state index in [-0.39, 0.29) is 24.1 Å². The van der Waals surface area contributed by atoms with Crippen LogP contribution in [0.2, 0.25) is 0 Å². The Hall–Kier alpha value is -3.35. The van der Waals surface area contributed by atoms with Gasteiger partial charge < -0.3 is 14.2 Å². The van der Waals surface area contributed by atoms with Gasteiger partial charge in [0.25, 0.3) is 5.56 Å². The zero-order valence-electron chi connectivity index (χ0n) is 14.3. The summed E-state index contributed by atoms with van der Waals surface area (Å²) in [6.07, 6.45) is 0. The molecule has 7 heteroatoms. The first-order chi connectivity index (χ1) is 12.5. The molecule has 7 nitrogen and oxygen atoms in total. The summed E-state index contributed by atoms with van der Waals surface area (Å²) in [5, 5.41) is 5.13. The molecule has 0 spiro atoms. The minimum Gasteiger partial charge on any atom is -0.454 e. The Morgan fingerprint density at radius 3 is 2.62 bits per heavy atom. The van der Waals surface area contributed by atoms with Gasteiger partial charge in [-0.25, -0.2) is 9.48 Å². The van der Waals surface area contributed by atoms with Gasteiger partial charge in [-0.3, -0.25) is 4.79 Å². The summed E-state index contributed by atoms with van der Waals surface area (Å²) in [7, 11) is 0. The highest BCUT2D eigenvalue weighted by Crippen LogP contribution is 2.35. The van der Waals surface area contributed by atoms with Crippen molar-refractivity contribution >= 4 is 16.7 Å². The molecule has 1 aliphatic rings. The molecule has 132 valence electrons. The smallest absolute Gasteiger partial charge is 0.364 e. The van der Waals surface area contributed by atoms with Crippen LogP contribution >= 0.6 is 0 Å². The minimum atomic E-state index is -0.644. The van der Waals surface area contributed by atoms with Gasteiger partial charge in [0.2, 0.25) is 6.79 Å². The predicted octanol–water partition coefficient (Wildman–Crippen LogP) is 2.93. The van der Waals surface area contributed by atoms with Crippen LogP contribution in [-0.4, -0.2) is 22.5 Å². The summed E-state index contributed by atoms with van der Waals surface area (Å²) >= 11 is 0. The molecule has 0 aliphatic carbocycles. The average molecular weight is 352 g/mol. The third kappa shape index (κ3) is 2.67. The summed E-state index contributed by atoms with van der Waals surface area (Å²) in [5.74, 6) is 0.781. The maximum absolute atomic E-state index is 12.7. The lowest BCUT2D eigenvalue weighted by atomic mass is 10.1.